The average Bonchev–Trinajstić information content (AvgIpc) is 3.28. The monoisotopic (exact) mass is 270 g/mol. The van der Waals surface area contributed by atoms with Crippen LogP contribution in [0, 0.1) is 11.3 Å². The lowest BCUT2D eigenvalue weighted by Gasteiger charge is -2.30. The fourth-order valence-electron chi connectivity index (χ4n) is 2.84. The number of piperidine rings is 1. The first-order chi connectivity index (χ1) is 9.64. The van der Waals surface area contributed by atoms with Crippen LogP contribution in [-0.2, 0) is 5.41 Å². The smallest absolute Gasteiger partial charge is 0.253 e. The second-order valence-corrected chi connectivity index (χ2v) is 5.82. The maximum absolute atomic E-state index is 12.3. The molecule has 1 amide bonds. The Morgan fingerprint density at radius 1 is 1.35 bits per heavy atom. The summed E-state index contributed by atoms with van der Waals surface area (Å²) in [6.07, 6.45) is 3.04. The Bertz CT molecular complexity index is 555. The zero-order valence-corrected chi connectivity index (χ0v) is 11.4. The predicted molar refractivity (Wildman–Crippen MR) is 74.1 cm³/mol. The summed E-state index contributed by atoms with van der Waals surface area (Å²) < 4.78 is 0. The van der Waals surface area contributed by atoms with Gasteiger partial charge in [-0.05, 0) is 43.4 Å². The molecule has 1 atom stereocenters. The number of amides is 1. The van der Waals surface area contributed by atoms with Crippen LogP contribution < -0.4 is 0 Å². The van der Waals surface area contributed by atoms with E-state index in [0.717, 1.165) is 31.2 Å². The Kier molecular flexibility index (Phi) is 3.23. The van der Waals surface area contributed by atoms with Gasteiger partial charge in [0.15, 0.2) is 0 Å². The number of aliphatic hydroxyl groups is 1. The van der Waals surface area contributed by atoms with Gasteiger partial charge in [-0.25, -0.2) is 0 Å². The number of hydrogen-bond acceptors (Lipinski definition) is 3. The minimum absolute atomic E-state index is 0.0305. The highest BCUT2D eigenvalue weighted by Gasteiger charge is 2.44. The number of nitrogens with zero attached hydrogens (tertiary/aromatic N) is 2. The molecule has 1 aromatic rings. The first-order valence-electron chi connectivity index (χ1n) is 7.14. The molecule has 0 bridgehead atoms. The van der Waals surface area contributed by atoms with Crippen LogP contribution in [0.15, 0.2) is 24.3 Å². The molecule has 2 aliphatic rings. The van der Waals surface area contributed by atoms with Crippen molar-refractivity contribution in [1.82, 2.24) is 4.90 Å². The molecule has 20 heavy (non-hydrogen) atoms. The summed E-state index contributed by atoms with van der Waals surface area (Å²) in [4.78, 5) is 14.0. The van der Waals surface area contributed by atoms with E-state index in [1.807, 2.05) is 12.1 Å². The Morgan fingerprint density at radius 3 is 2.60 bits per heavy atom. The molecule has 1 saturated heterocycles. The minimum atomic E-state index is -0.403. The number of β-amino-alcohol motifs (C(OH)–C–C–N with tert-alkyl or cyclic N) is 1. The Morgan fingerprint density at radius 2 is 2.05 bits per heavy atom. The number of rotatable bonds is 2. The number of carbonyl (C=O) groups excluding carboxylic acids is 1. The van der Waals surface area contributed by atoms with Gasteiger partial charge in [-0.2, -0.15) is 5.26 Å². The van der Waals surface area contributed by atoms with E-state index in [1.54, 1.807) is 17.0 Å². The van der Waals surface area contributed by atoms with Crippen LogP contribution in [0.5, 0.6) is 0 Å². The zero-order chi connectivity index (χ0) is 14.2. The van der Waals surface area contributed by atoms with Crippen LogP contribution in [-0.4, -0.2) is 35.1 Å². The SMILES string of the molecule is N#CC1(c2ccc(C(=O)N3CCCC(O)C3)cc2)CC1. The van der Waals surface area contributed by atoms with E-state index in [-0.39, 0.29) is 11.3 Å². The molecule has 0 aromatic heterocycles. The average molecular weight is 270 g/mol. The molecular formula is C16H18N2O2. The van der Waals surface area contributed by atoms with Crippen LogP contribution in [0.2, 0.25) is 0 Å². The van der Waals surface area contributed by atoms with E-state index in [0.29, 0.717) is 18.7 Å². The van der Waals surface area contributed by atoms with Crippen molar-refractivity contribution >= 4 is 5.91 Å². The Balaban J connectivity index is 1.74. The van der Waals surface area contributed by atoms with Crippen LogP contribution in [0.25, 0.3) is 0 Å². The highest BCUT2D eigenvalue weighted by Crippen LogP contribution is 2.47. The molecule has 0 spiro atoms. The maximum Gasteiger partial charge on any atom is 0.253 e. The second-order valence-electron chi connectivity index (χ2n) is 5.82. The summed E-state index contributed by atoms with van der Waals surface area (Å²) >= 11 is 0. The first kappa shape index (κ1) is 13.1. The molecule has 1 saturated carbocycles. The highest BCUT2D eigenvalue weighted by atomic mass is 16.3. The summed E-state index contributed by atoms with van der Waals surface area (Å²) in [5, 5.41) is 18.8. The molecule has 4 nitrogen and oxygen atoms in total. The van der Waals surface area contributed by atoms with Gasteiger partial charge >= 0.3 is 0 Å². The van der Waals surface area contributed by atoms with Crippen LogP contribution >= 0.6 is 0 Å². The quantitative estimate of drug-likeness (QED) is 0.891. The highest BCUT2D eigenvalue weighted by molar-refractivity contribution is 5.94. The molecule has 104 valence electrons. The van der Waals surface area contributed by atoms with Gasteiger partial charge < -0.3 is 10.0 Å². The third-order valence-corrected chi connectivity index (χ3v) is 4.33. The molecule has 1 aliphatic heterocycles. The van der Waals surface area contributed by atoms with E-state index >= 15 is 0 Å². The normalized spacial score (nSPS) is 24.0. The van der Waals surface area contributed by atoms with Crippen LogP contribution in [0.1, 0.15) is 41.6 Å². The molecule has 1 N–H and O–H groups in total. The summed E-state index contributed by atoms with van der Waals surface area (Å²) in [6.45, 7) is 1.13. The van der Waals surface area contributed by atoms with Gasteiger partial charge in [0.2, 0.25) is 0 Å². The predicted octanol–water partition coefficient (Wildman–Crippen LogP) is 1.84. The van der Waals surface area contributed by atoms with Crippen molar-refractivity contribution in [2.45, 2.75) is 37.2 Å². The topological polar surface area (TPSA) is 64.3 Å². The molecule has 4 heteroatoms. The van der Waals surface area contributed by atoms with E-state index < -0.39 is 6.10 Å². The Hall–Kier alpha value is -1.86. The molecule has 0 radical (unpaired) electrons. The number of benzene rings is 1. The van der Waals surface area contributed by atoms with Crippen molar-refractivity contribution in [3.05, 3.63) is 35.4 Å². The van der Waals surface area contributed by atoms with Crippen LogP contribution in [0.3, 0.4) is 0 Å². The molecule has 2 fully saturated rings. The van der Waals surface area contributed by atoms with Gasteiger partial charge in [0.1, 0.15) is 0 Å². The van der Waals surface area contributed by atoms with Crippen molar-refractivity contribution in [3.8, 4) is 6.07 Å². The number of nitriles is 1. The van der Waals surface area contributed by atoms with E-state index in [2.05, 4.69) is 6.07 Å². The number of hydrogen-bond donors (Lipinski definition) is 1. The van der Waals surface area contributed by atoms with Gasteiger partial charge in [0, 0.05) is 18.7 Å². The number of likely N-dealkylation sites (tertiary alicyclic amines) is 1. The maximum atomic E-state index is 12.3. The summed E-state index contributed by atoms with van der Waals surface area (Å²) in [6, 6.07) is 9.75. The fourth-order valence-corrected chi connectivity index (χ4v) is 2.84. The molecular weight excluding hydrogens is 252 g/mol. The molecule has 1 unspecified atom stereocenters. The lowest BCUT2D eigenvalue weighted by atomic mass is 9.96. The fraction of sp³-hybridized carbons (Fsp3) is 0.500. The van der Waals surface area contributed by atoms with Gasteiger partial charge in [-0.3, -0.25) is 4.79 Å². The third kappa shape index (κ3) is 2.30. The van der Waals surface area contributed by atoms with Gasteiger partial charge in [-0.15, -0.1) is 0 Å². The molecule has 1 aromatic carbocycles. The van der Waals surface area contributed by atoms with Gasteiger partial charge in [-0.1, -0.05) is 12.1 Å². The van der Waals surface area contributed by atoms with Crippen molar-refractivity contribution in [2.75, 3.05) is 13.1 Å². The standard InChI is InChI=1S/C16H18N2O2/c17-11-16(7-8-16)13-5-3-12(4-6-13)15(20)18-9-1-2-14(19)10-18/h3-6,14,19H,1-2,7-10H2. The summed E-state index contributed by atoms with van der Waals surface area (Å²) in [5.74, 6) is -0.0305. The van der Waals surface area contributed by atoms with Crippen molar-refractivity contribution in [2.24, 2.45) is 0 Å². The molecule has 3 rings (SSSR count). The van der Waals surface area contributed by atoms with E-state index in [1.165, 1.54) is 0 Å². The van der Waals surface area contributed by atoms with Gasteiger partial charge in [0.25, 0.3) is 5.91 Å². The first-order valence-corrected chi connectivity index (χ1v) is 7.14. The van der Waals surface area contributed by atoms with Gasteiger partial charge in [0.05, 0.1) is 17.6 Å². The zero-order valence-electron chi connectivity index (χ0n) is 11.4. The third-order valence-electron chi connectivity index (χ3n) is 4.33. The van der Waals surface area contributed by atoms with Crippen LogP contribution in [0.4, 0.5) is 0 Å². The lowest BCUT2D eigenvalue weighted by molar-refractivity contribution is 0.0474. The van der Waals surface area contributed by atoms with Crippen molar-refractivity contribution in [1.29, 1.82) is 5.26 Å². The van der Waals surface area contributed by atoms with E-state index in [4.69, 9.17) is 5.26 Å². The molecule has 1 heterocycles. The summed E-state index contributed by atoms with van der Waals surface area (Å²) in [7, 11) is 0. The lowest BCUT2D eigenvalue weighted by Crippen LogP contribution is -2.42. The minimum Gasteiger partial charge on any atom is -0.391 e. The largest absolute Gasteiger partial charge is 0.391 e. The van der Waals surface area contributed by atoms with Crippen molar-refractivity contribution in [3.63, 3.8) is 0 Å². The second kappa shape index (κ2) is 4.92. The van der Waals surface area contributed by atoms with E-state index in [9.17, 15) is 9.90 Å². The number of carbonyl (C=O) groups is 1. The van der Waals surface area contributed by atoms with Crippen molar-refractivity contribution < 1.29 is 9.90 Å². The molecule has 1 aliphatic carbocycles. The Labute approximate surface area is 118 Å². The summed E-state index contributed by atoms with van der Waals surface area (Å²) in [5.41, 5.74) is 1.34. The number of aliphatic hydroxyl groups excluding tert-OH is 1.